The molecule has 5 rings (SSSR count). The van der Waals surface area contributed by atoms with Gasteiger partial charge in [-0.05, 0) is 86.5 Å². The highest BCUT2D eigenvalue weighted by molar-refractivity contribution is 6.09. The van der Waals surface area contributed by atoms with E-state index < -0.39 is 5.82 Å². The molecule has 0 unspecified atom stereocenters. The van der Waals surface area contributed by atoms with E-state index in [1.54, 1.807) is 43.1 Å². The summed E-state index contributed by atoms with van der Waals surface area (Å²) in [6.07, 6.45) is 3.71. The van der Waals surface area contributed by atoms with Gasteiger partial charge in [0.25, 0.3) is 11.5 Å². The number of anilines is 2. The van der Waals surface area contributed by atoms with Gasteiger partial charge in [-0.25, -0.2) is 9.37 Å². The molecule has 45 heavy (non-hydrogen) atoms. The van der Waals surface area contributed by atoms with Gasteiger partial charge in [0.15, 0.2) is 11.6 Å². The molecule has 1 fully saturated rings. The third-order valence-electron chi connectivity index (χ3n) is 7.98. The quantitative estimate of drug-likeness (QED) is 0.211. The van der Waals surface area contributed by atoms with Gasteiger partial charge in [-0.1, -0.05) is 18.7 Å². The highest BCUT2D eigenvalue weighted by atomic mass is 19.1. The van der Waals surface area contributed by atoms with Crippen molar-refractivity contribution in [2.24, 2.45) is 0 Å². The van der Waals surface area contributed by atoms with Crippen LogP contribution in [0.1, 0.15) is 50.2 Å². The van der Waals surface area contributed by atoms with Gasteiger partial charge in [-0.3, -0.25) is 19.0 Å². The van der Waals surface area contributed by atoms with Gasteiger partial charge in [0.05, 0.1) is 18.4 Å². The van der Waals surface area contributed by atoms with E-state index >= 15 is 0 Å². The molecule has 3 aromatic carbocycles. The van der Waals surface area contributed by atoms with E-state index in [1.807, 2.05) is 25.1 Å². The molecule has 0 radical (unpaired) electrons. The Morgan fingerprint density at radius 3 is 2.42 bits per heavy atom. The van der Waals surface area contributed by atoms with Crippen molar-refractivity contribution in [3.8, 4) is 11.3 Å². The van der Waals surface area contributed by atoms with Crippen LogP contribution in [0.25, 0.3) is 11.3 Å². The van der Waals surface area contributed by atoms with Crippen LogP contribution < -0.4 is 26.4 Å². The summed E-state index contributed by atoms with van der Waals surface area (Å²) in [6.45, 7) is 8.10. The maximum absolute atomic E-state index is 14.1. The van der Waals surface area contributed by atoms with E-state index in [2.05, 4.69) is 32.4 Å². The van der Waals surface area contributed by atoms with E-state index in [1.165, 1.54) is 24.3 Å². The Kier molecular flexibility index (Phi) is 9.53. The summed E-state index contributed by atoms with van der Waals surface area (Å²) in [5.41, 5.74) is 5.02. The summed E-state index contributed by atoms with van der Waals surface area (Å²) < 4.78 is 15.2. The number of ketones is 1. The van der Waals surface area contributed by atoms with Crippen molar-refractivity contribution in [2.75, 3.05) is 43.9 Å². The number of benzene rings is 3. The molecule has 4 aromatic rings. The van der Waals surface area contributed by atoms with Crippen LogP contribution in [-0.2, 0) is 6.54 Å². The molecule has 0 aliphatic carbocycles. The van der Waals surface area contributed by atoms with Gasteiger partial charge in [-0.2, -0.15) is 0 Å². The van der Waals surface area contributed by atoms with Crippen molar-refractivity contribution in [2.45, 2.75) is 26.3 Å². The second kappa shape index (κ2) is 13.7. The number of halogens is 1. The minimum absolute atomic E-state index is 0.109. The molecule has 0 atom stereocenters. The highest BCUT2D eigenvalue weighted by Crippen LogP contribution is 2.29. The van der Waals surface area contributed by atoms with Crippen LogP contribution in [0.15, 0.2) is 83.9 Å². The van der Waals surface area contributed by atoms with Crippen LogP contribution in [0.2, 0.25) is 0 Å². The molecule has 9 nitrogen and oxygen atoms in total. The highest BCUT2D eigenvalue weighted by Gasteiger charge is 2.21. The molecular weight excluding hydrogens is 571 g/mol. The summed E-state index contributed by atoms with van der Waals surface area (Å²) in [4.78, 5) is 47.0. The Hall–Kier alpha value is -5.09. The first-order chi connectivity index (χ1) is 21.7. The van der Waals surface area contributed by atoms with E-state index in [0.717, 1.165) is 37.2 Å². The number of rotatable bonds is 11. The van der Waals surface area contributed by atoms with Crippen LogP contribution in [0.4, 0.5) is 15.9 Å². The fraction of sp³-hybridized carbons (Fsp3) is 0.257. The second-order valence-electron chi connectivity index (χ2n) is 11.1. The lowest BCUT2D eigenvalue weighted by atomic mass is 9.98. The Bertz CT molecular complexity index is 1810. The summed E-state index contributed by atoms with van der Waals surface area (Å²) in [6, 6.07) is 16.5. The molecule has 232 valence electrons. The maximum Gasteiger partial charge on any atom is 0.294 e. The van der Waals surface area contributed by atoms with Gasteiger partial charge in [-0.15, -0.1) is 0 Å². The molecule has 1 amide bonds. The summed E-state index contributed by atoms with van der Waals surface area (Å²) >= 11 is 0. The maximum atomic E-state index is 14.1. The van der Waals surface area contributed by atoms with Gasteiger partial charge in [0, 0.05) is 60.3 Å². The molecule has 2 heterocycles. The van der Waals surface area contributed by atoms with E-state index in [0.29, 0.717) is 45.8 Å². The number of amides is 1. The zero-order chi connectivity index (χ0) is 32.1. The van der Waals surface area contributed by atoms with Crippen LogP contribution in [0, 0.1) is 12.7 Å². The fourth-order valence-corrected chi connectivity index (χ4v) is 5.67. The van der Waals surface area contributed by atoms with Gasteiger partial charge >= 0.3 is 0 Å². The summed E-state index contributed by atoms with van der Waals surface area (Å²) in [5, 5.41) is 8.69. The molecule has 1 saturated heterocycles. The van der Waals surface area contributed by atoms with Crippen molar-refractivity contribution >= 4 is 23.2 Å². The monoisotopic (exact) mass is 608 g/mol. The number of nitrogens with one attached hydrogen (secondary N) is 3. The Morgan fingerprint density at radius 2 is 1.73 bits per heavy atom. The largest absolute Gasteiger partial charge is 0.372 e. The van der Waals surface area contributed by atoms with Crippen LogP contribution in [-0.4, -0.2) is 55.0 Å². The van der Waals surface area contributed by atoms with E-state index in [-0.39, 0.29) is 29.6 Å². The molecule has 3 N–H and O–H groups in total. The van der Waals surface area contributed by atoms with Gasteiger partial charge < -0.3 is 20.9 Å². The topological polar surface area (TPSA) is 108 Å². The Morgan fingerprint density at radius 1 is 1.00 bits per heavy atom. The van der Waals surface area contributed by atoms with Crippen molar-refractivity contribution < 1.29 is 14.0 Å². The molecule has 0 spiro atoms. The Balaban J connectivity index is 1.66. The van der Waals surface area contributed by atoms with Crippen LogP contribution >= 0.6 is 0 Å². The third kappa shape index (κ3) is 6.86. The Labute approximate surface area is 261 Å². The lowest BCUT2D eigenvalue weighted by Gasteiger charge is -2.21. The first-order valence-electron chi connectivity index (χ1n) is 14.9. The summed E-state index contributed by atoms with van der Waals surface area (Å²) in [5.74, 6) is -0.780. The normalized spacial score (nSPS) is 12.7. The SMILES string of the molecule is C=C(CNC)Nc1ncc(-c2cccc(C(=O)NC)c2C)n(Cc2cc(C(=O)c3ccc(F)cc3)cc(N3CCCC3)c2)c1=O. The minimum atomic E-state index is -0.416. The molecule has 1 aliphatic heterocycles. The molecule has 0 bridgehead atoms. The number of carbonyl (C=O) groups excluding carboxylic acids is 2. The molecule has 1 aromatic heterocycles. The molecular formula is C35H37FN6O3. The van der Waals surface area contributed by atoms with Crippen molar-refractivity contribution in [1.82, 2.24) is 20.2 Å². The standard InChI is InChI=1S/C35H37FN6O3/c1-22(19-37-3)40-33-35(45)42(31(20-39-33)29-8-7-9-30(23(29)2)34(44)38-4)21-24-16-26(18-28(17-24)41-14-5-6-15-41)32(43)25-10-12-27(36)13-11-25/h7-13,16-18,20,37H,1,5-6,14-15,19,21H2,2-4H3,(H,38,44)(H,39,40). The number of aromatic nitrogens is 2. The smallest absolute Gasteiger partial charge is 0.294 e. The second-order valence-corrected chi connectivity index (χ2v) is 11.1. The molecule has 1 aliphatic rings. The zero-order valence-electron chi connectivity index (χ0n) is 25.7. The van der Waals surface area contributed by atoms with Crippen LogP contribution in [0.3, 0.4) is 0 Å². The summed E-state index contributed by atoms with van der Waals surface area (Å²) in [7, 11) is 3.35. The predicted octanol–water partition coefficient (Wildman–Crippen LogP) is 4.74. The number of likely N-dealkylation sites (N-methyl/N-ethyl adjacent to an activating group) is 1. The zero-order valence-corrected chi connectivity index (χ0v) is 25.7. The van der Waals surface area contributed by atoms with Crippen molar-refractivity contribution in [3.63, 3.8) is 0 Å². The number of nitrogens with zero attached hydrogens (tertiary/aromatic N) is 3. The molecule has 10 heteroatoms. The predicted molar refractivity (Wildman–Crippen MR) is 176 cm³/mol. The first kappa shape index (κ1) is 31.3. The van der Waals surface area contributed by atoms with Crippen molar-refractivity contribution in [3.05, 3.63) is 123 Å². The number of hydrogen-bond acceptors (Lipinski definition) is 7. The lowest BCUT2D eigenvalue weighted by molar-refractivity contribution is 0.0961. The number of hydrogen-bond donors (Lipinski definition) is 3. The van der Waals surface area contributed by atoms with Crippen LogP contribution in [0.5, 0.6) is 0 Å². The first-order valence-corrected chi connectivity index (χ1v) is 14.9. The minimum Gasteiger partial charge on any atom is -0.372 e. The van der Waals surface area contributed by atoms with Crippen molar-refractivity contribution in [1.29, 1.82) is 0 Å². The van der Waals surface area contributed by atoms with E-state index in [9.17, 15) is 18.8 Å². The average molecular weight is 609 g/mol. The number of carbonyl (C=O) groups is 2. The van der Waals surface area contributed by atoms with Gasteiger partial charge in [0.2, 0.25) is 0 Å². The third-order valence-corrected chi connectivity index (χ3v) is 7.98. The van der Waals surface area contributed by atoms with Gasteiger partial charge in [0.1, 0.15) is 5.82 Å². The van der Waals surface area contributed by atoms with E-state index in [4.69, 9.17) is 0 Å². The lowest BCUT2D eigenvalue weighted by Crippen LogP contribution is -2.28. The fourth-order valence-electron chi connectivity index (χ4n) is 5.67. The molecule has 0 saturated carbocycles. The average Bonchev–Trinajstić information content (AvgIpc) is 3.58.